The van der Waals surface area contributed by atoms with Crippen molar-refractivity contribution in [1.82, 2.24) is 5.32 Å². The molecule has 0 bridgehead atoms. The van der Waals surface area contributed by atoms with E-state index in [1.807, 2.05) is 60.8 Å². The monoisotopic (exact) mass is 888 g/mol. The number of rotatable bonds is 45. The normalized spacial score (nSPS) is 14.1. The number of aliphatic hydroxyl groups excluding tert-OH is 2. The molecule has 3 N–H and O–H groups in total. The van der Waals surface area contributed by atoms with Gasteiger partial charge in [0.1, 0.15) is 6.10 Å². The fraction of sp³-hybridized carbons (Fsp3) is 0.655. The second-order valence-corrected chi connectivity index (χ2v) is 17.3. The highest BCUT2D eigenvalue weighted by molar-refractivity contribution is 5.77. The van der Waals surface area contributed by atoms with Crippen molar-refractivity contribution in [2.75, 3.05) is 6.61 Å². The van der Waals surface area contributed by atoms with Gasteiger partial charge in [0.25, 0.3) is 0 Å². The zero-order chi connectivity index (χ0) is 46.7. The first kappa shape index (κ1) is 60.5. The van der Waals surface area contributed by atoms with E-state index in [-0.39, 0.29) is 24.9 Å². The van der Waals surface area contributed by atoms with E-state index >= 15 is 0 Å². The molecule has 3 unspecified atom stereocenters. The molecule has 6 nitrogen and oxygen atoms in total. The number of carbonyl (C=O) groups excluding carboxylic acids is 2. The van der Waals surface area contributed by atoms with E-state index in [4.69, 9.17) is 4.74 Å². The molecular formula is C58H97NO5. The van der Waals surface area contributed by atoms with Gasteiger partial charge in [0.05, 0.1) is 25.2 Å². The van der Waals surface area contributed by atoms with Gasteiger partial charge in [-0.2, -0.15) is 0 Å². The zero-order valence-corrected chi connectivity index (χ0v) is 41.4. The van der Waals surface area contributed by atoms with Gasteiger partial charge in [-0.15, -0.1) is 0 Å². The van der Waals surface area contributed by atoms with E-state index in [1.165, 1.54) is 89.9 Å². The summed E-state index contributed by atoms with van der Waals surface area (Å²) in [4.78, 5) is 26.2. The molecule has 0 aliphatic heterocycles. The third kappa shape index (κ3) is 45.1. The SMILES string of the molecule is CC\C=C/C=C/C=C/C=C\C=C\C=C\CCCC(CC(=O)NC(CO)C(O)CCCCCCCCCCCCCCC)OC(=O)CCCCCC/C=C\C/C=C\C/C=C\CCCCC. The Hall–Kier alpha value is -3.48. The first-order chi connectivity index (χ1) is 31.5. The number of ether oxygens (including phenoxy) is 1. The lowest BCUT2D eigenvalue weighted by atomic mass is 10.0. The highest BCUT2D eigenvalue weighted by Crippen LogP contribution is 2.16. The Bertz CT molecular complexity index is 1320. The molecule has 1 amide bonds. The van der Waals surface area contributed by atoms with Gasteiger partial charge in [0, 0.05) is 6.42 Å². The van der Waals surface area contributed by atoms with Gasteiger partial charge < -0.3 is 20.3 Å². The van der Waals surface area contributed by atoms with Crippen molar-refractivity contribution in [3.05, 3.63) is 109 Å². The van der Waals surface area contributed by atoms with E-state index in [1.54, 1.807) is 0 Å². The predicted molar refractivity (Wildman–Crippen MR) is 277 cm³/mol. The van der Waals surface area contributed by atoms with Crippen LogP contribution in [0.15, 0.2) is 109 Å². The Labute approximate surface area is 394 Å². The maximum Gasteiger partial charge on any atom is 0.306 e. The van der Waals surface area contributed by atoms with Crippen LogP contribution in [0.2, 0.25) is 0 Å². The van der Waals surface area contributed by atoms with Gasteiger partial charge in [0.2, 0.25) is 5.91 Å². The van der Waals surface area contributed by atoms with Crippen LogP contribution < -0.4 is 5.32 Å². The van der Waals surface area contributed by atoms with Gasteiger partial charge in [-0.05, 0) is 77.0 Å². The van der Waals surface area contributed by atoms with Crippen LogP contribution in [0.3, 0.4) is 0 Å². The molecule has 0 saturated carbocycles. The lowest BCUT2D eigenvalue weighted by molar-refractivity contribution is -0.151. The van der Waals surface area contributed by atoms with Gasteiger partial charge in [0.15, 0.2) is 0 Å². The van der Waals surface area contributed by atoms with Crippen molar-refractivity contribution >= 4 is 11.9 Å². The Morgan fingerprint density at radius 3 is 1.47 bits per heavy atom. The average molecular weight is 888 g/mol. The van der Waals surface area contributed by atoms with E-state index in [2.05, 4.69) is 74.7 Å². The van der Waals surface area contributed by atoms with Crippen LogP contribution in [-0.2, 0) is 14.3 Å². The number of esters is 1. The standard InChI is InChI=1S/C58H97NO5/c1-4-7-10-13-16-19-22-25-27-28-30-33-36-39-42-45-48-51-58(63)64-54(49-46-43-40-37-34-32-29-26-23-20-17-14-11-8-5-2)52-57(62)59-55(53-60)56(61)50-47-44-41-38-35-31-24-21-18-15-12-9-6-3/h8,11,14,16-17,19-20,23,25-27,29-30,32-34,37,40,54-56,60-61H,4-7,9-10,12-13,15,18,21-22,24,28,31,35-36,38-39,41-53H2,1-3H3,(H,59,62)/b11-8-,17-14+,19-16-,23-20+,27-25-,29-26-,33-30-,34-32+,40-37+. The van der Waals surface area contributed by atoms with Crippen LogP contribution in [0.4, 0.5) is 0 Å². The fourth-order valence-electron chi connectivity index (χ4n) is 7.30. The molecular weight excluding hydrogens is 791 g/mol. The molecule has 0 aliphatic carbocycles. The summed E-state index contributed by atoms with van der Waals surface area (Å²) in [6, 6.07) is -0.738. The molecule has 3 atom stereocenters. The van der Waals surface area contributed by atoms with Crippen molar-refractivity contribution in [1.29, 1.82) is 0 Å². The van der Waals surface area contributed by atoms with Crippen molar-refractivity contribution in [2.24, 2.45) is 0 Å². The number of hydrogen-bond donors (Lipinski definition) is 3. The second kappa shape index (κ2) is 50.5. The largest absolute Gasteiger partial charge is 0.462 e. The van der Waals surface area contributed by atoms with Crippen molar-refractivity contribution in [2.45, 2.75) is 238 Å². The number of unbranched alkanes of at least 4 members (excludes halogenated alkanes) is 20. The molecule has 0 rings (SSSR count). The molecule has 364 valence electrons. The fourth-order valence-corrected chi connectivity index (χ4v) is 7.30. The summed E-state index contributed by atoms with van der Waals surface area (Å²) < 4.78 is 5.89. The quantitative estimate of drug-likeness (QED) is 0.0245. The van der Waals surface area contributed by atoms with Crippen LogP contribution in [0.25, 0.3) is 0 Å². The first-order valence-electron chi connectivity index (χ1n) is 26.2. The van der Waals surface area contributed by atoms with Crippen LogP contribution >= 0.6 is 0 Å². The van der Waals surface area contributed by atoms with E-state index in [0.29, 0.717) is 19.3 Å². The third-order valence-corrected chi connectivity index (χ3v) is 11.2. The molecule has 0 spiro atoms. The molecule has 0 heterocycles. The van der Waals surface area contributed by atoms with Gasteiger partial charge in [-0.1, -0.05) is 239 Å². The highest BCUT2D eigenvalue weighted by Gasteiger charge is 2.24. The first-order valence-corrected chi connectivity index (χ1v) is 26.2. The summed E-state index contributed by atoms with van der Waals surface area (Å²) in [6.45, 7) is 6.27. The summed E-state index contributed by atoms with van der Waals surface area (Å²) in [7, 11) is 0. The Morgan fingerprint density at radius 1 is 0.484 bits per heavy atom. The summed E-state index contributed by atoms with van der Waals surface area (Å²) in [5.74, 6) is -0.583. The molecule has 0 radical (unpaired) electrons. The lowest BCUT2D eigenvalue weighted by Gasteiger charge is -2.24. The van der Waals surface area contributed by atoms with Crippen molar-refractivity contribution < 1.29 is 24.5 Å². The summed E-state index contributed by atoms with van der Waals surface area (Å²) in [5.41, 5.74) is 0. The maximum atomic E-state index is 13.2. The van der Waals surface area contributed by atoms with Gasteiger partial charge in [-0.3, -0.25) is 9.59 Å². The van der Waals surface area contributed by atoms with E-state index in [0.717, 1.165) is 83.5 Å². The van der Waals surface area contributed by atoms with Crippen molar-refractivity contribution in [3.63, 3.8) is 0 Å². The number of hydrogen-bond acceptors (Lipinski definition) is 5. The molecule has 0 aromatic carbocycles. The Kier molecular flexibility index (Phi) is 47.8. The molecule has 6 heteroatoms. The Morgan fingerprint density at radius 2 is 0.922 bits per heavy atom. The number of aliphatic hydroxyl groups is 2. The number of carbonyl (C=O) groups is 2. The molecule has 0 aromatic heterocycles. The van der Waals surface area contributed by atoms with Crippen LogP contribution in [-0.4, -0.2) is 46.9 Å². The molecule has 64 heavy (non-hydrogen) atoms. The van der Waals surface area contributed by atoms with E-state index < -0.39 is 18.2 Å². The predicted octanol–water partition coefficient (Wildman–Crippen LogP) is 15.9. The van der Waals surface area contributed by atoms with Crippen LogP contribution in [0.5, 0.6) is 0 Å². The summed E-state index contributed by atoms with van der Waals surface area (Å²) >= 11 is 0. The summed E-state index contributed by atoms with van der Waals surface area (Å²) in [6.07, 6.45) is 68.6. The summed E-state index contributed by atoms with van der Waals surface area (Å²) in [5, 5.41) is 23.8. The number of nitrogens with one attached hydrogen (secondary N) is 1. The molecule has 0 aliphatic rings. The van der Waals surface area contributed by atoms with Gasteiger partial charge >= 0.3 is 5.97 Å². The number of allylic oxidation sites excluding steroid dienone is 18. The third-order valence-electron chi connectivity index (χ3n) is 11.2. The average Bonchev–Trinajstić information content (AvgIpc) is 3.29. The van der Waals surface area contributed by atoms with Crippen molar-refractivity contribution in [3.8, 4) is 0 Å². The van der Waals surface area contributed by atoms with Crippen LogP contribution in [0.1, 0.15) is 220 Å². The molecule has 0 fully saturated rings. The van der Waals surface area contributed by atoms with Crippen LogP contribution in [0, 0.1) is 0 Å². The minimum Gasteiger partial charge on any atom is -0.462 e. The second-order valence-electron chi connectivity index (χ2n) is 17.3. The topological polar surface area (TPSA) is 95.9 Å². The zero-order valence-electron chi connectivity index (χ0n) is 41.4. The maximum absolute atomic E-state index is 13.2. The highest BCUT2D eigenvalue weighted by atomic mass is 16.5. The smallest absolute Gasteiger partial charge is 0.306 e. The molecule has 0 saturated heterocycles. The minimum atomic E-state index is -0.818. The molecule has 0 aromatic rings. The lowest BCUT2D eigenvalue weighted by Crippen LogP contribution is -2.46. The number of amides is 1. The Balaban J connectivity index is 4.78. The minimum absolute atomic E-state index is 0.0109. The van der Waals surface area contributed by atoms with Gasteiger partial charge in [-0.25, -0.2) is 0 Å². The van der Waals surface area contributed by atoms with E-state index in [9.17, 15) is 19.8 Å².